The number of carbonyl (C=O) groups excluding carboxylic acids is 1. The molecule has 7 heteroatoms. The lowest BCUT2D eigenvalue weighted by Crippen LogP contribution is -2.53. The van der Waals surface area contributed by atoms with Gasteiger partial charge in [0.2, 0.25) is 5.91 Å². The van der Waals surface area contributed by atoms with Crippen molar-refractivity contribution in [2.24, 2.45) is 5.73 Å². The van der Waals surface area contributed by atoms with Gasteiger partial charge in [0.1, 0.15) is 6.04 Å². The average molecular weight is 293 g/mol. The Morgan fingerprint density at radius 2 is 2.48 bits per heavy atom. The first-order valence-electron chi connectivity index (χ1n) is 7.17. The fourth-order valence-corrected chi connectivity index (χ4v) is 2.63. The number of methoxy groups -OCH3 is 1. The zero-order valence-electron chi connectivity index (χ0n) is 12.6. The van der Waals surface area contributed by atoms with E-state index in [4.69, 9.17) is 10.5 Å². The summed E-state index contributed by atoms with van der Waals surface area (Å²) < 4.78 is 4.95. The fraction of sp³-hybridized carbons (Fsp3) is 0.643. The van der Waals surface area contributed by atoms with Crippen molar-refractivity contribution in [2.45, 2.75) is 24.9 Å². The molecule has 1 fully saturated rings. The highest BCUT2D eigenvalue weighted by atomic mass is 16.5. The molecule has 1 amide bonds. The number of ether oxygens (including phenoxy) is 1. The van der Waals surface area contributed by atoms with Crippen molar-refractivity contribution in [1.29, 1.82) is 0 Å². The molecule has 0 aromatic carbocycles. The summed E-state index contributed by atoms with van der Waals surface area (Å²) in [4.78, 5) is 16.2. The van der Waals surface area contributed by atoms with Crippen molar-refractivity contribution in [3.8, 4) is 0 Å². The molecular formula is C14H23N5O2. The number of likely N-dealkylation sites (N-methyl/N-ethyl adjacent to an activating group) is 1. The van der Waals surface area contributed by atoms with Gasteiger partial charge in [0, 0.05) is 39.5 Å². The van der Waals surface area contributed by atoms with Gasteiger partial charge in [0.05, 0.1) is 6.61 Å². The van der Waals surface area contributed by atoms with E-state index in [-0.39, 0.29) is 18.6 Å². The van der Waals surface area contributed by atoms with Gasteiger partial charge in [-0.3, -0.25) is 4.79 Å². The van der Waals surface area contributed by atoms with Crippen LogP contribution in [-0.2, 0) is 9.53 Å². The first-order valence-corrected chi connectivity index (χ1v) is 7.17. The van der Waals surface area contributed by atoms with Gasteiger partial charge in [0.15, 0.2) is 5.82 Å². The molecule has 7 nitrogen and oxygen atoms in total. The Kier molecular flexibility index (Phi) is 5.46. The van der Waals surface area contributed by atoms with E-state index in [1.54, 1.807) is 18.2 Å². The van der Waals surface area contributed by atoms with Crippen molar-refractivity contribution in [2.75, 3.05) is 38.8 Å². The van der Waals surface area contributed by atoms with Gasteiger partial charge >= 0.3 is 0 Å². The predicted molar refractivity (Wildman–Crippen MR) is 79.9 cm³/mol. The Bertz CT molecular complexity index is 456. The van der Waals surface area contributed by atoms with Crippen LogP contribution in [0, 0.1) is 0 Å². The number of nitrogens with two attached hydrogens (primary N) is 1. The van der Waals surface area contributed by atoms with Crippen LogP contribution >= 0.6 is 0 Å². The van der Waals surface area contributed by atoms with Gasteiger partial charge in [0.25, 0.3) is 0 Å². The lowest BCUT2D eigenvalue weighted by atomic mass is 10.0. The third-order valence-electron chi connectivity index (χ3n) is 3.84. The van der Waals surface area contributed by atoms with Gasteiger partial charge in [-0.1, -0.05) is 0 Å². The molecule has 1 aliphatic heterocycles. The second kappa shape index (κ2) is 7.33. The van der Waals surface area contributed by atoms with Crippen LogP contribution in [0.3, 0.4) is 0 Å². The highest BCUT2D eigenvalue weighted by molar-refractivity contribution is 5.82. The normalized spacial score (nSPS) is 20.1. The van der Waals surface area contributed by atoms with Crippen molar-refractivity contribution in [3.05, 3.63) is 18.3 Å². The number of anilines is 1. The van der Waals surface area contributed by atoms with Crippen LogP contribution in [0.25, 0.3) is 0 Å². The molecule has 1 aromatic heterocycles. The van der Waals surface area contributed by atoms with E-state index in [0.717, 1.165) is 31.7 Å². The van der Waals surface area contributed by atoms with Crippen molar-refractivity contribution < 1.29 is 9.53 Å². The van der Waals surface area contributed by atoms with E-state index in [9.17, 15) is 4.79 Å². The molecule has 0 bridgehead atoms. The quantitative estimate of drug-likeness (QED) is 0.814. The van der Waals surface area contributed by atoms with Crippen LogP contribution in [0.15, 0.2) is 18.3 Å². The van der Waals surface area contributed by atoms with Gasteiger partial charge in [-0.15, -0.1) is 5.10 Å². The average Bonchev–Trinajstić information content (AvgIpc) is 2.54. The number of hydrogen-bond donors (Lipinski definition) is 1. The van der Waals surface area contributed by atoms with Crippen molar-refractivity contribution >= 4 is 11.7 Å². The lowest BCUT2D eigenvalue weighted by molar-refractivity contribution is -0.134. The number of carbonyl (C=O) groups is 1. The summed E-state index contributed by atoms with van der Waals surface area (Å²) >= 11 is 0. The van der Waals surface area contributed by atoms with Crippen LogP contribution < -0.4 is 10.6 Å². The summed E-state index contributed by atoms with van der Waals surface area (Å²) in [5.74, 6) is 0.770. The largest absolute Gasteiger partial charge is 0.383 e. The van der Waals surface area contributed by atoms with Crippen molar-refractivity contribution in [1.82, 2.24) is 15.1 Å². The van der Waals surface area contributed by atoms with Crippen LogP contribution in [0.2, 0.25) is 0 Å². The zero-order chi connectivity index (χ0) is 15.2. The monoisotopic (exact) mass is 293 g/mol. The first kappa shape index (κ1) is 15.7. The molecule has 0 aliphatic carbocycles. The Hall–Kier alpha value is -1.73. The van der Waals surface area contributed by atoms with Crippen LogP contribution in [-0.4, -0.2) is 66.9 Å². The van der Waals surface area contributed by atoms with Crippen LogP contribution in [0.5, 0.6) is 0 Å². The SMILES string of the molecule is COCC(N)C(=O)N(C)C1CCCN(c2cccnn2)C1. The van der Waals surface area contributed by atoms with E-state index in [0.29, 0.717) is 0 Å². The van der Waals surface area contributed by atoms with Crippen LogP contribution in [0.4, 0.5) is 5.82 Å². The molecule has 0 spiro atoms. The Morgan fingerprint density at radius 3 is 3.14 bits per heavy atom. The van der Waals surface area contributed by atoms with Gasteiger partial charge < -0.3 is 20.3 Å². The number of piperidine rings is 1. The molecule has 116 valence electrons. The maximum Gasteiger partial charge on any atom is 0.241 e. The molecule has 2 heterocycles. The molecule has 2 rings (SSSR count). The van der Waals surface area contributed by atoms with Gasteiger partial charge in [-0.2, -0.15) is 5.10 Å². The smallest absolute Gasteiger partial charge is 0.241 e. The minimum atomic E-state index is -0.605. The third kappa shape index (κ3) is 3.89. The Balaban J connectivity index is 1.99. The van der Waals surface area contributed by atoms with E-state index >= 15 is 0 Å². The molecule has 1 aliphatic rings. The number of amides is 1. The number of nitrogens with zero attached hydrogens (tertiary/aromatic N) is 4. The van der Waals surface area contributed by atoms with Crippen molar-refractivity contribution in [3.63, 3.8) is 0 Å². The minimum absolute atomic E-state index is 0.0807. The van der Waals surface area contributed by atoms with Gasteiger partial charge in [-0.25, -0.2) is 0 Å². The number of aromatic nitrogens is 2. The molecule has 0 radical (unpaired) electrons. The van der Waals surface area contributed by atoms with Crippen LogP contribution in [0.1, 0.15) is 12.8 Å². The Labute approximate surface area is 125 Å². The summed E-state index contributed by atoms with van der Waals surface area (Å²) in [6.45, 7) is 1.92. The van der Waals surface area contributed by atoms with Gasteiger partial charge in [-0.05, 0) is 25.0 Å². The maximum atomic E-state index is 12.2. The lowest BCUT2D eigenvalue weighted by Gasteiger charge is -2.38. The molecule has 0 saturated carbocycles. The molecule has 1 saturated heterocycles. The Morgan fingerprint density at radius 1 is 1.67 bits per heavy atom. The molecule has 2 unspecified atom stereocenters. The molecule has 2 atom stereocenters. The topological polar surface area (TPSA) is 84.6 Å². The highest BCUT2D eigenvalue weighted by Crippen LogP contribution is 2.19. The molecule has 21 heavy (non-hydrogen) atoms. The predicted octanol–water partition coefficient (Wildman–Crippen LogP) is -0.122. The maximum absolute atomic E-state index is 12.2. The standard InChI is InChI=1S/C14H23N5O2/c1-18(14(20)12(15)10-21-2)11-5-4-8-19(9-11)13-6-3-7-16-17-13/h3,6-7,11-12H,4-5,8-10,15H2,1-2H3. The van der Waals surface area contributed by atoms with E-state index in [1.165, 1.54) is 0 Å². The molecule has 1 aromatic rings. The summed E-state index contributed by atoms with van der Waals surface area (Å²) in [7, 11) is 3.35. The minimum Gasteiger partial charge on any atom is -0.383 e. The molecular weight excluding hydrogens is 270 g/mol. The number of rotatable bonds is 5. The molecule has 2 N–H and O–H groups in total. The summed E-state index contributed by atoms with van der Waals surface area (Å²) in [5, 5.41) is 8.04. The summed E-state index contributed by atoms with van der Waals surface area (Å²) in [6, 6.07) is 3.34. The zero-order valence-corrected chi connectivity index (χ0v) is 12.6. The second-order valence-corrected chi connectivity index (χ2v) is 5.33. The number of hydrogen-bond acceptors (Lipinski definition) is 6. The first-order chi connectivity index (χ1) is 10.1. The summed E-state index contributed by atoms with van der Waals surface area (Å²) in [6.07, 6.45) is 3.64. The second-order valence-electron chi connectivity index (χ2n) is 5.33. The van der Waals surface area contributed by atoms with E-state index in [2.05, 4.69) is 15.1 Å². The fourth-order valence-electron chi connectivity index (χ4n) is 2.63. The third-order valence-corrected chi connectivity index (χ3v) is 3.84. The summed E-state index contributed by atoms with van der Waals surface area (Å²) in [5.41, 5.74) is 5.83. The van der Waals surface area contributed by atoms with E-state index in [1.807, 2.05) is 19.2 Å². The van der Waals surface area contributed by atoms with E-state index < -0.39 is 6.04 Å². The highest BCUT2D eigenvalue weighted by Gasteiger charge is 2.29.